The molecule has 0 aliphatic carbocycles. The standard InChI is InChI=1S/C11H16F3N3O/c1-4-8-16-9(15-3)7(2)10(17-8)18-6-5-11(12,13)14/h4-6H2,1-3H3,(H,15,16,17). The summed E-state index contributed by atoms with van der Waals surface area (Å²) < 4.78 is 41.2. The number of nitrogens with zero attached hydrogens (tertiary/aromatic N) is 2. The van der Waals surface area contributed by atoms with Crippen LogP contribution in [0, 0.1) is 6.92 Å². The van der Waals surface area contributed by atoms with Crippen LogP contribution in [0.15, 0.2) is 0 Å². The average Bonchev–Trinajstić information content (AvgIpc) is 2.29. The highest BCUT2D eigenvalue weighted by Gasteiger charge is 2.27. The largest absolute Gasteiger partial charge is 0.477 e. The van der Waals surface area contributed by atoms with Gasteiger partial charge in [-0.2, -0.15) is 18.2 Å². The van der Waals surface area contributed by atoms with E-state index in [4.69, 9.17) is 4.74 Å². The van der Waals surface area contributed by atoms with Crippen LogP contribution in [0.3, 0.4) is 0 Å². The van der Waals surface area contributed by atoms with Gasteiger partial charge in [0.25, 0.3) is 0 Å². The number of ether oxygens (including phenoxy) is 1. The molecule has 0 unspecified atom stereocenters. The van der Waals surface area contributed by atoms with Gasteiger partial charge in [-0.05, 0) is 6.92 Å². The normalized spacial score (nSPS) is 11.4. The van der Waals surface area contributed by atoms with Gasteiger partial charge in [0.15, 0.2) is 0 Å². The van der Waals surface area contributed by atoms with Crippen molar-refractivity contribution in [1.82, 2.24) is 9.97 Å². The maximum atomic E-state index is 12.0. The summed E-state index contributed by atoms with van der Waals surface area (Å²) in [5, 5.41) is 2.86. The molecule has 0 aromatic carbocycles. The highest BCUT2D eigenvalue weighted by atomic mass is 19.4. The molecule has 1 rings (SSSR count). The fourth-order valence-electron chi connectivity index (χ4n) is 1.35. The Kier molecular flexibility index (Phi) is 4.75. The molecule has 0 amide bonds. The predicted molar refractivity (Wildman–Crippen MR) is 61.9 cm³/mol. The Labute approximate surface area is 104 Å². The number of aryl methyl sites for hydroxylation is 1. The van der Waals surface area contributed by atoms with Crippen LogP contribution >= 0.6 is 0 Å². The number of alkyl halides is 3. The molecule has 0 aliphatic heterocycles. The molecule has 4 nitrogen and oxygen atoms in total. The van der Waals surface area contributed by atoms with Crippen molar-refractivity contribution in [3.63, 3.8) is 0 Å². The molecule has 1 N–H and O–H groups in total. The molecule has 0 spiro atoms. The van der Waals surface area contributed by atoms with Crippen molar-refractivity contribution in [1.29, 1.82) is 0 Å². The van der Waals surface area contributed by atoms with E-state index in [0.717, 1.165) is 0 Å². The second-order valence-electron chi connectivity index (χ2n) is 3.74. The van der Waals surface area contributed by atoms with Crippen molar-refractivity contribution in [2.75, 3.05) is 19.0 Å². The number of nitrogens with one attached hydrogen (secondary N) is 1. The van der Waals surface area contributed by atoms with Crippen molar-refractivity contribution in [3.8, 4) is 5.88 Å². The van der Waals surface area contributed by atoms with Crippen LogP contribution in [-0.2, 0) is 6.42 Å². The van der Waals surface area contributed by atoms with E-state index < -0.39 is 19.2 Å². The van der Waals surface area contributed by atoms with Gasteiger partial charge in [0.1, 0.15) is 11.6 Å². The Morgan fingerprint density at radius 3 is 2.44 bits per heavy atom. The van der Waals surface area contributed by atoms with Crippen molar-refractivity contribution in [2.45, 2.75) is 32.9 Å². The first kappa shape index (κ1) is 14.5. The predicted octanol–water partition coefficient (Wildman–Crippen LogP) is 2.72. The zero-order chi connectivity index (χ0) is 13.8. The second-order valence-corrected chi connectivity index (χ2v) is 3.74. The topological polar surface area (TPSA) is 47.0 Å². The zero-order valence-corrected chi connectivity index (χ0v) is 10.6. The number of aromatic nitrogens is 2. The number of anilines is 1. The van der Waals surface area contributed by atoms with Crippen LogP contribution < -0.4 is 10.1 Å². The van der Waals surface area contributed by atoms with Gasteiger partial charge in [-0.25, -0.2) is 4.98 Å². The van der Waals surface area contributed by atoms with Gasteiger partial charge in [-0.3, -0.25) is 0 Å². The molecule has 18 heavy (non-hydrogen) atoms. The van der Waals surface area contributed by atoms with E-state index in [0.29, 0.717) is 23.6 Å². The molecule has 1 aromatic rings. The van der Waals surface area contributed by atoms with Crippen molar-refractivity contribution in [3.05, 3.63) is 11.4 Å². The zero-order valence-electron chi connectivity index (χ0n) is 10.6. The Bertz CT molecular complexity index is 407. The molecule has 0 fully saturated rings. The maximum Gasteiger partial charge on any atom is 0.392 e. The molecule has 0 atom stereocenters. The highest BCUT2D eigenvalue weighted by Crippen LogP contribution is 2.24. The van der Waals surface area contributed by atoms with Crippen LogP contribution in [0.25, 0.3) is 0 Å². The molecular weight excluding hydrogens is 247 g/mol. The average molecular weight is 263 g/mol. The summed E-state index contributed by atoms with van der Waals surface area (Å²) in [7, 11) is 1.69. The minimum absolute atomic E-state index is 0.204. The van der Waals surface area contributed by atoms with Gasteiger partial charge >= 0.3 is 6.18 Å². The molecule has 0 bridgehead atoms. The second kappa shape index (κ2) is 5.88. The summed E-state index contributed by atoms with van der Waals surface area (Å²) in [5.41, 5.74) is 0.608. The maximum absolute atomic E-state index is 12.0. The summed E-state index contributed by atoms with van der Waals surface area (Å²) in [5.74, 6) is 1.31. The van der Waals surface area contributed by atoms with E-state index in [-0.39, 0.29) is 5.88 Å². The van der Waals surface area contributed by atoms with Crippen LogP contribution in [0.4, 0.5) is 19.0 Å². The molecule has 0 radical (unpaired) electrons. The number of halogens is 3. The lowest BCUT2D eigenvalue weighted by Gasteiger charge is -2.13. The van der Waals surface area contributed by atoms with E-state index >= 15 is 0 Å². The smallest absolute Gasteiger partial charge is 0.392 e. The summed E-state index contributed by atoms with van der Waals surface area (Å²) in [4.78, 5) is 8.28. The number of rotatable bonds is 5. The lowest BCUT2D eigenvalue weighted by Crippen LogP contribution is -2.14. The SMILES string of the molecule is CCc1nc(NC)c(C)c(OCCC(F)(F)F)n1. The third-order valence-corrected chi connectivity index (χ3v) is 2.32. The molecule has 1 aromatic heterocycles. The summed E-state index contributed by atoms with van der Waals surface area (Å²) >= 11 is 0. The van der Waals surface area contributed by atoms with Crippen LogP contribution in [0.1, 0.15) is 24.7 Å². The fourth-order valence-corrected chi connectivity index (χ4v) is 1.35. The molecular formula is C11H16F3N3O. The Hall–Kier alpha value is -1.53. The first-order chi connectivity index (χ1) is 8.37. The van der Waals surface area contributed by atoms with Crippen molar-refractivity contribution in [2.24, 2.45) is 0 Å². The van der Waals surface area contributed by atoms with Gasteiger partial charge in [0.2, 0.25) is 5.88 Å². The van der Waals surface area contributed by atoms with Crippen molar-refractivity contribution < 1.29 is 17.9 Å². The number of hydrogen-bond acceptors (Lipinski definition) is 4. The number of hydrogen-bond donors (Lipinski definition) is 1. The molecule has 102 valence electrons. The Morgan fingerprint density at radius 1 is 1.28 bits per heavy atom. The third kappa shape index (κ3) is 4.05. The minimum atomic E-state index is -4.22. The van der Waals surface area contributed by atoms with Gasteiger partial charge in [-0.1, -0.05) is 6.92 Å². The van der Waals surface area contributed by atoms with E-state index in [9.17, 15) is 13.2 Å². The Morgan fingerprint density at radius 2 is 1.94 bits per heavy atom. The summed E-state index contributed by atoms with van der Waals surface area (Å²) in [6, 6.07) is 0. The van der Waals surface area contributed by atoms with Crippen LogP contribution in [0.2, 0.25) is 0 Å². The van der Waals surface area contributed by atoms with E-state index in [1.807, 2.05) is 6.92 Å². The van der Waals surface area contributed by atoms with Crippen LogP contribution in [0.5, 0.6) is 5.88 Å². The lowest BCUT2D eigenvalue weighted by atomic mass is 10.3. The van der Waals surface area contributed by atoms with Gasteiger partial charge in [0.05, 0.1) is 18.6 Å². The molecule has 0 aliphatic rings. The molecule has 0 saturated carbocycles. The highest BCUT2D eigenvalue weighted by molar-refractivity contribution is 5.48. The minimum Gasteiger partial charge on any atom is -0.477 e. The first-order valence-electron chi connectivity index (χ1n) is 5.62. The molecule has 1 heterocycles. The third-order valence-electron chi connectivity index (χ3n) is 2.32. The van der Waals surface area contributed by atoms with E-state index in [1.165, 1.54) is 0 Å². The monoisotopic (exact) mass is 263 g/mol. The van der Waals surface area contributed by atoms with Crippen LogP contribution in [-0.4, -0.2) is 29.8 Å². The molecule has 0 saturated heterocycles. The summed E-state index contributed by atoms with van der Waals surface area (Å²) in [6.45, 7) is 3.13. The van der Waals surface area contributed by atoms with Gasteiger partial charge in [0, 0.05) is 13.5 Å². The van der Waals surface area contributed by atoms with Gasteiger partial charge < -0.3 is 10.1 Å². The quantitative estimate of drug-likeness (QED) is 0.887. The van der Waals surface area contributed by atoms with Crippen molar-refractivity contribution >= 4 is 5.82 Å². The van der Waals surface area contributed by atoms with Gasteiger partial charge in [-0.15, -0.1) is 0 Å². The fraction of sp³-hybridized carbons (Fsp3) is 0.636. The van der Waals surface area contributed by atoms with E-state index in [1.54, 1.807) is 14.0 Å². The lowest BCUT2D eigenvalue weighted by molar-refractivity contribution is -0.139. The summed E-state index contributed by atoms with van der Waals surface area (Å²) in [6.07, 6.45) is -4.63. The van der Waals surface area contributed by atoms with E-state index in [2.05, 4.69) is 15.3 Å². The first-order valence-corrected chi connectivity index (χ1v) is 5.62. The Balaban J connectivity index is 2.81. The molecule has 7 heteroatoms.